The molecule has 52 heavy (non-hydrogen) atoms. The molecule has 1 aliphatic heterocycles. The van der Waals surface area contributed by atoms with Crippen LogP contribution in [0.5, 0.6) is 0 Å². The minimum Gasteiger partial charge on any atom is -0.361 e. The van der Waals surface area contributed by atoms with Crippen LogP contribution in [0.4, 0.5) is 0 Å². The number of nitrogens with one attached hydrogen (secondary N) is 5. The molecule has 5 aromatic rings. The number of carbonyl (C=O) groups excluding carboxylic acids is 5. The summed E-state index contributed by atoms with van der Waals surface area (Å²) in [5.41, 5.74) is 3.81. The molecule has 0 radical (unpaired) electrons. The first kappa shape index (κ1) is 35.7. The number of aromatic amines is 1. The number of rotatable bonds is 4. The van der Waals surface area contributed by atoms with Gasteiger partial charge in [-0.25, -0.2) is 9.97 Å². The van der Waals surface area contributed by atoms with Crippen molar-refractivity contribution >= 4 is 51.5 Å². The van der Waals surface area contributed by atoms with Crippen molar-refractivity contribution < 1.29 is 24.0 Å². The van der Waals surface area contributed by atoms with E-state index in [1.54, 1.807) is 25.1 Å². The topological polar surface area (TPSA) is 196 Å². The van der Waals surface area contributed by atoms with Gasteiger partial charge in [-0.15, -0.1) is 0 Å². The number of imidazole rings is 1. The predicted molar refractivity (Wildman–Crippen MR) is 193 cm³/mol. The van der Waals surface area contributed by atoms with Crippen LogP contribution >= 0.6 is 0 Å². The van der Waals surface area contributed by atoms with Crippen molar-refractivity contribution in [1.82, 2.24) is 50.7 Å². The largest absolute Gasteiger partial charge is 0.361 e. The summed E-state index contributed by atoms with van der Waals surface area (Å²) >= 11 is 0. The zero-order chi connectivity index (χ0) is 36.6. The first-order valence-corrected chi connectivity index (χ1v) is 17.4. The fourth-order valence-electron chi connectivity index (χ4n) is 6.40. The predicted octanol–water partition coefficient (Wildman–Crippen LogP) is 2.02. The van der Waals surface area contributed by atoms with Gasteiger partial charge in [-0.3, -0.25) is 29.0 Å². The maximum Gasteiger partial charge on any atom is 0.274 e. The van der Waals surface area contributed by atoms with Gasteiger partial charge in [0.25, 0.3) is 11.8 Å². The molecule has 2 bridgehead atoms. The molecule has 2 atom stereocenters. The second-order valence-electron chi connectivity index (χ2n) is 12.7. The molecule has 0 saturated heterocycles. The maximum absolute atomic E-state index is 13.7. The first-order valence-electron chi connectivity index (χ1n) is 17.4. The number of benzene rings is 2. The van der Waals surface area contributed by atoms with Crippen LogP contribution in [0.2, 0.25) is 0 Å². The Morgan fingerprint density at radius 2 is 1.73 bits per heavy atom. The number of para-hydroxylation sites is 1. The third-order valence-electron chi connectivity index (χ3n) is 9.15. The lowest BCUT2D eigenvalue weighted by Crippen LogP contribution is -2.55. The summed E-state index contributed by atoms with van der Waals surface area (Å²) in [4.78, 5) is 84.7. The first-order chi connectivity index (χ1) is 25.2. The number of aromatic nitrogens is 5. The van der Waals surface area contributed by atoms with E-state index in [1.807, 2.05) is 42.0 Å². The highest BCUT2D eigenvalue weighted by Gasteiger charge is 2.28. The van der Waals surface area contributed by atoms with Crippen LogP contribution in [0.1, 0.15) is 58.4 Å². The summed E-state index contributed by atoms with van der Waals surface area (Å²) in [7, 11) is 0. The lowest BCUT2D eigenvalue weighted by molar-refractivity contribution is -0.132. The smallest absolute Gasteiger partial charge is 0.274 e. The van der Waals surface area contributed by atoms with Crippen LogP contribution in [0.3, 0.4) is 0 Å². The van der Waals surface area contributed by atoms with Crippen LogP contribution < -0.4 is 21.3 Å². The van der Waals surface area contributed by atoms with Gasteiger partial charge in [0.2, 0.25) is 17.7 Å². The van der Waals surface area contributed by atoms with Crippen molar-refractivity contribution in [3.8, 4) is 0 Å². The average molecular weight is 707 g/mol. The van der Waals surface area contributed by atoms with Crippen molar-refractivity contribution in [2.45, 2.75) is 58.2 Å². The lowest BCUT2D eigenvalue weighted by atomic mass is 10.0. The van der Waals surface area contributed by atoms with E-state index in [-0.39, 0.29) is 50.0 Å². The van der Waals surface area contributed by atoms with E-state index in [1.165, 1.54) is 23.5 Å². The number of amides is 5. The summed E-state index contributed by atoms with van der Waals surface area (Å²) in [6, 6.07) is 11.1. The zero-order valence-electron chi connectivity index (χ0n) is 29.1. The molecule has 0 aliphatic carbocycles. The molecule has 0 fully saturated rings. The molecule has 3 aromatic heterocycles. The molecule has 0 spiro atoms. The average Bonchev–Trinajstić information content (AvgIpc) is 3.71. The van der Waals surface area contributed by atoms with Crippen LogP contribution in [0.15, 0.2) is 67.3 Å². The van der Waals surface area contributed by atoms with Gasteiger partial charge >= 0.3 is 0 Å². The summed E-state index contributed by atoms with van der Waals surface area (Å²) in [5.74, 6) is -1.49. The Balaban J connectivity index is 1.27. The number of hydrogen-bond donors (Lipinski definition) is 5. The Morgan fingerprint density at radius 3 is 2.54 bits per heavy atom. The monoisotopic (exact) mass is 706 g/mol. The summed E-state index contributed by atoms with van der Waals surface area (Å²) < 4.78 is 2.01. The molecule has 270 valence electrons. The molecular weight excluding hydrogens is 664 g/mol. The van der Waals surface area contributed by atoms with E-state index < -0.39 is 29.8 Å². The molecular formula is C37H42N10O5. The van der Waals surface area contributed by atoms with Crippen molar-refractivity contribution in [3.05, 3.63) is 89.9 Å². The Bertz CT molecular complexity index is 2090. The second-order valence-corrected chi connectivity index (χ2v) is 12.7. The minimum atomic E-state index is -0.975. The number of hydrogen-bond acceptors (Lipinski definition) is 8. The van der Waals surface area contributed by atoms with E-state index in [9.17, 15) is 24.0 Å². The maximum atomic E-state index is 13.7. The number of aryl methyl sites for hydroxylation is 2. The number of H-pyrrole nitrogens is 1. The molecule has 0 saturated carbocycles. The fraction of sp³-hybridized carbons (Fsp3) is 0.351. The summed E-state index contributed by atoms with van der Waals surface area (Å²) in [5, 5.41) is 12.4. The van der Waals surface area contributed by atoms with E-state index in [0.717, 1.165) is 33.3 Å². The van der Waals surface area contributed by atoms with Crippen molar-refractivity contribution in [2.75, 3.05) is 26.2 Å². The number of nitrogens with zero attached hydrogens (tertiary/aromatic N) is 5. The second kappa shape index (κ2) is 16.3. The van der Waals surface area contributed by atoms with E-state index in [4.69, 9.17) is 0 Å². The van der Waals surface area contributed by atoms with Crippen molar-refractivity contribution in [2.24, 2.45) is 0 Å². The number of carbonyl (C=O) groups is 5. The summed E-state index contributed by atoms with van der Waals surface area (Å²) in [6.45, 7) is 4.48. The Hall–Kier alpha value is -6.12. The van der Waals surface area contributed by atoms with Gasteiger partial charge in [-0.2, -0.15) is 0 Å². The molecule has 15 nitrogen and oxygen atoms in total. The zero-order valence-corrected chi connectivity index (χ0v) is 29.1. The van der Waals surface area contributed by atoms with Crippen LogP contribution in [-0.2, 0) is 27.3 Å². The molecule has 15 heteroatoms. The van der Waals surface area contributed by atoms with E-state index in [2.05, 4.69) is 41.2 Å². The van der Waals surface area contributed by atoms with E-state index >= 15 is 0 Å². The van der Waals surface area contributed by atoms with Gasteiger partial charge in [0, 0.05) is 67.7 Å². The minimum absolute atomic E-state index is 0.0527. The molecule has 6 rings (SSSR count). The van der Waals surface area contributed by atoms with Gasteiger partial charge < -0.3 is 35.7 Å². The molecule has 1 aliphatic rings. The van der Waals surface area contributed by atoms with Gasteiger partial charge in [-0.05, 0) is 56.0 Å². The molecule has 5 amide bonds. The quantitative estimate of drug-likeness (QED) is 0.187. The van der Waals surface area contributed by atoms with Crippen LogP contribution in [-0.4, -0.2) is 97.2 Å². The van der Waals surface area contributed by atoms with Gasteiger partial charge in [0.15, 0.2) is 0 Å². The highest BCUT2D eigenvalue weighted by Crippen LogP contribution is 2.20. The van der Waals surface area contributed by atoms with Gasteiger partial charge in [0.1, 0.15) is 23.6 Å². The standard InChI is InChI=1S/C37H42N10O5/c1-3-27-36(51)45-30(18-25-20-42-28-9-5-4-8-26(25)28)35(50)41-13-7-17-47-23(2)43-29-11-10-24(19-32(29)47)34(49)40-12-6-16-46(22-33(48)44-27)37(52)31-21-38-14-15-39-31/h4-5,8-11,14-15,19-21,27,30,42H,3,6-7,12-13,16-18,22H2,1-2H3,(H,40,49)(H,41,50)(H,44,48)(H,45,51)/t27-,30+/m0/s1. The lowest BCUT2D eigenvalue weighted by Gasteiger charge is -2.25. The van der Waals surface area contributed by atoms with E-state index in [0.29, 0.717) is 31.5 Å². The Morgan fingerprint density at radius 1 is 0.923 bits per heavy atom. The van der Waals surface area contributed by atoms with Crippen molar-refractivity contribution in [3.63, 3.8) is 0 Å². The van der Waals surface area contributed by atoms with Crippen LogP contribution in [0, 0.1) is 6.92 Å². The Kier molecular flexibility index (Phi) is 11.2. The highest BCUT2D eigenvalue weighted by atomic mass is 16.2. The third-order valence-corrected chi connectivity index (χ3v) is 9.15. The van der Waals surface area contributed by atoms with Gasteiger partial charge in [-0.1, -0.05) is 25.1 Å². The highest BCUT2D eigenvalue weighted by molar-refractivity contribution is 5.98. The van der Waals surface area contributed by atoms with Crippen LogP contribution in [0.25, 0.3) is 21.9 Å². The Labute approximate surface area is 300 Å². The summed E-state index contributed by atoms with van der Waals surface area (Å²) in [6.07, 6.45) is 7.32. The molecule has 2 aromatic carbocycles. The number of fused-ring (bicyclic) bond motifs is 2. The molecule has 0 unspecified atom stereocenters. The molecule has 4 heterocycles. The van der Waals surface area contributed by atoms with Gasteiger partial charge in [0.05, 0.1) is 23.8 Å². The fourth-order valence-corrected chi connectivity index (χ4v) is 6.40. The van der Waals surface area contributed by atoms with Crippen molar-refractivity contribution in [1.29, 1.82) is 0 Å². The third kappa shape index (κ3) is 8.25. The SMILES string of the molecule is CC[C@@H]1NC(=O)CN(C(=O)c2cnccn2)CCCNC(=O)c2ccc3nc(C)n(c3c2)CCCNC(=O)[C@@H](Cc2c[nH]c3ccccc23)NC1=O. The normalized spacial score (nSPS) is 18.6. The molecule has 5 N–H and O–H groups in total.